The Kier molecular flexibility index (Phi) is 7.99. The van der Waals surface area contributed by atoms with Gasteiger partial charge in [-0.3, -0.25) is 4.55 Å². The van der Waals surface area contributed by atoms with E-state index in [1.54, 1.807) is 0 Å². The lowest BCUT2D eigenvalue weighted by atomic mass is 9.46. The highest BCUT2D eigenvalue weighted by atomic mass is 32.3. The zero-order valence-electron chi connectivity index (χ0n) is 24.7. The van der Waals surface area contributed by atoms with Crippen molar-refractivity contribution in [2.45, 2.75) is 105 Å². The van der Waals surface area contributed by atoms with Gasteiger partial charge < -0.3 is 9.84 Å². The van der Waals surface area contributed by atoms with Crippen LogP contribution in [0.25, 0.3) is 0 Å². The number of rotatable bonds is 8. The maximum atomic E-state index is 11.6. The molecule has 0 aromatic heterocycles. The fraction of sp³-hybridized carbons (Fsp3) is 0.806. The summed E-state index contributed by atoms with van der Waals surface area (Å²) in [5.41, 5.74) is 2.93. The molecule has 0 unspecified atom stereocenters. The molecule has 2 saturated carbocycles. The molecule has 0 bridgehead atoms. The van der Waals surface area contributed by atoms with Crippen LogP contribution in [0.15, 0.2) is 35.5 Å². The van der Waals surface area contributed by atoms with E-state index in [-0.39, 0.29) is 22.9 Å². The maximum absolute atomic E-state index is 11.6. The van der Waals surface area contributed by atoms with Crippen LogP contribution in [0.5, 0.6) is 0 Å². The van der Waals surface area contributed by atoms with Gasteiger partial charge in [0.05, 0.1) is 12.2 Å². The van der Waals surface area contributed by atoms with Crippen LogP contribution in [0.3, 0.4) is 0 Å². The Morgan fingerprint density at radius 3 is 2.42 bits per heavy atom. The van der Waals surface area contributed by atoms with Gasteiger partial charge in [-0.15, -0.1) is 0 Å². The second kappa shape index (κ2) is 10.1. The van der Waals surface area contributed by atoms with Crippen molar-refractivity contribution in [1.29, 1.82) is 0 Å². The monoisotopic (exact) mass is 550 g/mol. The first-order valence-corrected chi connectivity index (χ1v) is 15.8. The van der Waals surface area contributed by atoms with Gasteiger partial charge in [-0.05, 0) is 90.1 Å². The predicted octanol–water partition coefficient (Wildman–Crippen LogP) is 6.53. The summed E-state index contributed by atoms with van der Waals surface area (Å²) >= 11 is 0. The van der Waals surface area contributed by atoms with E-state index in [4.69, 9.17) is 8.92 Å². The van der Waals surface area contributed by atoms with Gasteiger partial charge in [0.1, 0.15) is 6.10 Å². The zero-order chi connectivity index (χ0) is 28.4. The Bertz CT molecular complexity index is 1100. The minimum absolute atomic E-state index is 0.00866. The van der Waals surface area contributed by atoms with Crippen molar-refractivity contribution in [3.05, 3.63) is 35.5 Å². The van der Waals surface area contributed by atoms with Gasteiger partial charge in [0.15, 0.2) is 0 Å². The minimum atomic E-state index is -4.69. The normalized spacial score (nSPS) is 41.0. The van der Waals surface area contributed by atoms with E-state index in [1.165, 1.54) is 23.1 Å². The number of ether oxygens (including phenoxy) is 1. The molecule has 0 saturated heterocycles. The first-order valence-electron chi connectivity index (χ1n) is 14.4. The Labute approximate surface area is 230 Å². The van der Waals surface area contributed by atoms with Crippen LogP contribution in [-0.4, -0.2) is 43.5 Å². The van der Waals surface area contributed by atoms with Gasteiger partial charge in [-0.1, -0.05) is 72.8 Å². The highest BCUT2D eigenvalue weighted by Gasteiger charge is 2.63. The molecule has 0 spiro atoms. The smallest absolute Gasteiger partial charge is 0.390 e. The molecule has 0 aromatic carbocycles. The van der Waals surface area contributed by atoms with Crippen molar-refractivity contribution in [1.82, 2.24) is 0 Å². The molecule has 0 radical (unpaired) electrons. The maximum Gasteiger partial charge on any atom is 0.397 e. The third-order valence-electron chi connectivity index (χ3n) is 11.4. The standard InChI is InChI=1S/C31H50O6S/c1-18(2)19(3)10-11-20(4)22-13-14-23-21-12-15-26-29(5,6)28(37-38(33,34)35)25(32)17-30(26,7)24(21)16-27(36-9)31(22,23)8/h12,16,18,20,22-23,25-28,32H,3,10-11,13-15,17H2,1-2,4-9H3,(H,33,34,35)/t20-,22-,23+,25-,26+,27+,28+,30-,31-/m1/s1. The van der Waals surface area contributed by atoms with E-state index in [0.29, 0.717) is 30.1 Å². The first kappa shape index (κ1) is 30.0. The van der Waals surface area contributed by atoms with E-state index < -0.39 is 28.0 Å². The van der Waals surface area contributed by atoms with Crippen molar-refractivity contribution in [3.8, 4) is 0 Å². The molecular formula is C31H50O6S. The number of fused-ring (bicyclic) bond motifs is 5. The SMILES string of the molecule is C=C(CC[C@@H](C)[C@H]1CC[C@H]2C3=CC[C@H]4C(C)(C)[C@@H](OS(=O)(=O)O)[C@H](O)C[C@]4(C)C3=C[C@H](OC)[C@]12C)C(C)C. The van der Waals surface area contributed by atoms with Crippen molar-refractivity contribution in [3.63, 3.8) is 0 Å². The van der Waals surface area contributed by atoms with Crippen LogP contribution in [-0.2, 0) is 19.3 Å². The van der Waals surface area contributed by atoms with Gasteiger partial charge >= 0.3 is 10.4 Å². The summed E-state index contributed by atoms with van der Waals surface area (Å²) in [5.74, 6) is 2.05. The molecule has 216 valence electrons. The summed E-state index contributed by atoms with van der Waals surface area (Å²) in [7, 11) is -2.87. The molecule has 2 fully saturated rings. The third-order valence-corrected chi connectivity index (χ3v) is 11.9. The molecule has 6 nitrogen and oxygen atoms in total. The van der Waals surface area contributed by atoms with Crippen molar-refractivity contribution >= 4 is 10.4 Å². The first-order chi connectivity index (χ1) is 17.5. The summed E-state index contributed by atoms with van der Waals surface area (Å²) in [6.07, 6.45) is 8.32. The van der Waals surface area contributed by atoms with Crippen LogP contribution >= 0.6 is 0 Å². The Hall–Kier alpha value is -0.990. The second-order valence-corrected chi connectivity index (χ2v) is 15.1. The molecule has 38 heavy (non-hydrogen) atoms. The van der Waals surface area contributed by atoms with Gasteiger partial charge in [-0.2, -0.15) is 8.42 Å². The Morgan fingerprint density at radius 2 is 1.84 bits per heavy atom. The van der Waals surface area contributed by atoms with Gasteiger partial charge in [0, 0.05) is 12.5 Å². The highest BCUT2D eigenvalue weighted by Crippen LogP contribution is 2.67. The lowest BCUT2D eigenvalue weighted by Gasteiger charge is -2.60. The molecule has 0 amide bonds. The van der Waals surface area contributed by atoms with Crippen molar-refractivity contribution in [2.75, 3.05) is 7.11 Å². The van der Waals surface area contributed by atoms with Crippen molar-refractivity contribution < 1.29 is 27.0 Å². The van der Waals surface area contributed by atoms with Gasteiger partial charge in [0.25, 0.3) is 0 Å². The van der Waals surface area contributed by atoms with Crippen molar-refractivity contribution in [2.24, 2.45) is 45.8 Å². The molecule has 7 heteroatoms. The number of allylic oxidation sites excluding steroid dienone is 4. The summed E-state index contributed by atoms with van der Waals surface area (Å²) < 4.78 is 44.0. The van der Waals surface area contributed by atoms with E-state index in [0.717, 1.165) is 25.7 Å². The van der Waals surface area contributed by atoms with E-state index in [2.05, 4.69) is 53.3 Å². The van der Waals surface area contributed by atoms with Crippen LogP contribution < -0.4 is 0 Å². The number of hydrogen-bond acceptors (Lipinski definition) is 5. The molecule has 0 aromatic rings. The quantitative estimate of drug-likeness (QED) is 0.264. The summed E-state index contributed by atoms with van der Waals surface area (Å²) in [4.78, 5) is 0. The fourth-order valence-corrected chi connectivity index (χ4v) is 9.90. The number of aliphatic hydroxyl groups is 1. The fourth-order valence-electron chi connectivity index (χ4n) is 9.26. The van der Waals surface area contributed by atoms with Crippen LogP contribution in [0.4, 0.5) is 0 Å². The summed E-state index contributed by atoms with van der Waals surface area (Å²) in [6, 6.07) is 0. The Morgan fingerprint density at radius 1 is 1.18 bits per heavy atom. The molecule has 4 aliphatic rings. The minimum Gasteiger partial charge on any atom is -0.390 e. The molecule has 0 aliphatic heterocycles. The average molecular weight is 551 g/mol. The molecule has 0 heterocycles. The molecule has 2 N–H and O–H groups in total. The summed E-state index contributed by atoms with van der Waals surface area (Å²) in [5, 5.41) is 11.2. The van der Waals surface area contributed by atoms with Gasteiger partial charge in [-0.25, -0.2) is 4.18 Å². The predicted molar refractivity (Wildman–Crippen MR) is 151 cm³/mol. The largest absolute Gasteiger partial charge is 0.397 e. The molecule has 4 rings (SSSR count). The highest BCUT2D eigenvalue weighted by molar-refractivity contribution is 7.80. The number of hydrogen-bond donors (Lipinski definition) is 2. The van der Waals surface area contributed by atoms with Gasteiger partial charge in [0.2, 0.25) is 0 Å². The Balaban J connectivity index is 1.69. The third kappa shape index (κ3) is 4.78. The lowest BCUT2D eigenvalue weighted by Crippen LogP contribution is -2.60. The zero-order valence-corrected chi connectivity index (χ0v) is 25.5. The van der Waals surface area contributed by atoms with E-state index in [1.807, 2.05) is 21.0 Å². The second-order valence-electron chi connectivity index (χ2n) is 14.1. The van der Waals surface area contributed by atoms with Crippen LogP contribution in [0.2, 0.25) is 0 Å². The lowest BCUT2D eigenvalue weighted by molar-refractivity contribution is -0.141. The number of methoxy groups -OCH3 is 1. The number of aliphatic hydroxyl groups excluding tert-OH is 1. The molecule has 4 aliphatic carbocycles. The molecular weight excluding hydrogens is 500 g/mol. The summed E-state index contributed by atoms with van der Waals surface area (Å²) in [6.45, 7) is 19.7. The molecule has 9 atom stereocenters. The van der Waals surface area contributed by atoms with Crippen LogP contribution in [0, 0.1) is 45.8 Å². The van der Waals surface area contributed by atoms with E-state index >= 15 is 0 Å². The van der Waals surface area contributed by atoms with E-state index in [9.17, 15) is 18.1 Å². The van der Waals surface area contributed by atoms with Crippen LogP contribution in [0.1, 0.15) is 87.0 Å². The topological polar surface area (TPSA) is 93.1 Å². The average Bonchev–Trinajstić information content (AvgIpc) is 3.16.